The number of anilines is 2. The first-order chi connectivity index (χ1) is 14.6. The first-order valence-corrected chi connectivity index (χ1v) is 10.5. The van der Waals surface area contributed by atoms with E-state index >= 15 is 0 Å². The molecule has 0 fully saturated rings. The van der Waals surface area contributed by atoms with E-state index in [4.69, 9.17) is 14.2 Å². The van der Waals surface area contributed by atoms with Crippen LogP contribution in [0, 0.1) is 0 Å². The molecule has 7 nitrogen and oxygen atoms in total. The smallest absolute Gasteiger partial charge is 0.270 e. The second-order valence-electron chi connectivity index (χ2n) is 6.32. The summed E-state index contributed by atoms with van der Waals surface area (Å²) in [5.74, 6) is 1.97. The SMILES string of the molecule is CCOc1ccc(Nc2nc(C(=O)NCCc3ccc(OC)c(OC)c3)cs2)cc1. The molecule has 1 heterocycles. The van der Waals surface area contributed by atoms with Crippen molar-refractivity contribution < 1.29 is 19.0 Å². The van der Waals surface area contributed by atoms with E-state index in [1.165, 1.54) is 11.3 Å². The van der Waals surface area contributed by atoms with Crippen molar-refractivity contribution in [3.63, 3.8) is 0 Å². The predicted molar refractivity (Wildman–Crippen MR) is 119 cm³/mol. The Bertz CT molecular complexity index is 973. The maximum atomic E-state index is 12.4. The lowest BCUT2D eigenvalue weighted by Gasteiger charge is -2.09. The van der Waals surface area contributed by atoms with E-state index in [1.54, 1.807) is 19.6 Å². The van der Waals surface area contributed by atoms with E-state index in [-0.39, 0.29) is 5.91 Å². The lowest BCUT2D eigenvalue weighted by molar-refractivity contribution is 0.0950. The van der Waals surface area contributed by atoms with Crippen LogP contribution in [0.15, 0.2) is 47.8 Å². The van der Waals surface area contributed by atoms with E-state index in [0.29, 0.717) is 41.9 Å². The number of hydrogen-bond acceptors (Lipinski definition) is 7. The third-order valence-corrected chi connectivity index (χ3v) is 5.06. The molecule has 8 heteroatoms. The highest BCUT2D eigenvalue weighted by atomic mass is 32.1. The minimum atomic E-state index is -0.202. The Morgan fingerprint density at radius 2 is 1.83 bits per heavy atom. The first-order valence-electron chi connectivity index (χ1n) is 9.57. The maximum Gasteiger partial charge on any atom is 0.270 e. The van der Waals surface area contributed by atoms with Crippen molar-refractivity contribution in [1.29, 1.82) is 0 Å². The van der Waals surface area contributed by atoms with Crippen LogP contribution < -0.4 is 24.8 Å². The second-order valence-corrected chi connectivity index (χ2v) is 7.17. The van der Waals surface area contributed by atoms with Crippen LogP contribution in [0.2, 0.25) is 0 Å². The number of amides is 1. The molecule has 3 rings (SSSR count). The third-order valence-electron chi connectivity index (χ3n) is 4.30. The lowest BCUT2D eigenvalue weighted by atomic mass is 10.1. The molecule has 1 amide bonds. The van der Waals surface area contributed by atoms with Crippen molar-refractivity contribution in [3.05, 3.63) is 59.1 Å². The molecule has 0 aliphatic rings. The van der Waals surface area contributed by atoms with Gasteiger partial charge in [0.15, 0.2) is 16.6 Å². The molecular formula is C22H25N3O4S. The average Bonchev–Trinajstić information content (AvgIpc) is 3.23. The quantitative estimate of drug-likeness (QED) is 0.503. The summed E-state index contributed by atoms with van der Waals surface area (Å²) in [6.45, 7) is 3.07. The van der Waals surface area contributed by atoms with E-state index in [2.05, 4.69) is 15.6 Å². The molecule has 0 aliphatic carbocycles. The van der Waals surface area contributed by atoms with Gasteiger partial charge in [0.05, 0.1) is 20.8 Å². The molecular weight excluding hydrogens is 402 g/mol. The standard InChI is InChI=1S/C22H25N3O4S/c1-4-29-17-8-6-16(7-9-17)24-22-25-18(14-30-22)21(26)23-12-11-15-5-10-19(27-2)20(13-15)28-3/h5-10,13-14H,4,11-12H2,1-3H3,(H,23,26)(H,24,25). The van der Waals surface area contributed by atoms with Crippen LogP contribution in [0.25, 0.3) is 0 Å². The number of nitrogens with zero attached hydrogens (tertiary/aromatic N) is 1. The summed E-state index contributed by atoms with van der Waals surface area (Å²) in [5, 5.41) is 8.50. The maximum absolute atomic E-state index is 12.4. The summed E-state index contributed by atoms with van der Waals surface area (Å²) in [5.41, 5.74) is 2.32. The topological polar surface area (TPSA) is 81.7 Å². The first kappa shape index (κ1) is 21.4. The van der Waals surface area contributed by atoms with Gasteiger partial charge < -0.3 is 24.8 Å². The Hall–Kier alpha value is -3.26. The summed E-state index contributed by atoms with van der Waals surface area (Å²) in [6.07, 6.45) is 0.674. The normalized spacial score (nSPS) is 10.4. The Balaban J connectivity index is 1.51. The highest BCUT2D eigenvalue weighted by Gasteiger charge is 2.11. The number of nitrogens with one attached hydrogen (secondary N) is 2. The number of carbonyl (C=O) groups is 1. The predicted octanol–water partition coefficient (Wildman–Crippen LogP) is 4.28. The fraction of sp³-hybridized carbons (Fsp3) is 0.273. The summed E-state index contributed by atoms with van der Waals surface area (Å²) in [6, 6.07) is 13.3. The molecule has 0 radical (unpaired) electrons. The Morgan fingerprint density at radius 3 is 2.53 bits per heavy atom. The summed E-state index contributed by atoms with van der Waals surface area (Å²) in [4.78, 5) is 16.8. The van der Waals surface area contributed by atoms with Crippen molar-refractivity contribution >= 4 is 28.1 Å². The molecule has 3 aromatic rings. The second kappa shape index (κ2) is 10.5. The molecule has 0 spiro atoms. The van der Waals surface area contributed by atoms with Crippen molar-refractivity contribution in [2.45, 2.75) is 13.3 Å². The fourth-order valence-corrected chi connectivity index (χ4v) is 3.52. The molecule has 2 aromatic carbocycles. The highest BCUT2D eigenvalue weighted by molar-refractivity contribution is 7.14. The number of thiazole rings is 1. The number of hydrogen-bond donors (Lipinski definition) is 2. The minimum Gasteiger partial charge on any atom is -0.494 e. The Labute approximate surface area is 180 Å². The van der Waals surface area contributed by atoms with E-state index < -0.39 is 0 Å². The molecule has 0 atom stereocenters. The molecule has 0 bridgehead atoms. The average molecular weight is 428 g/mol. The van der Waals surface area contributed by atoms with Crippen LogP contribution in [-0.4, -0.2) is 38.3 Å². The van der Waals surface area contributed by atoms with Gasteiger partial charge >= 0.3 is 0 Å². The molecule has 0 aliphatic heterocycles. The van der Waals surface area contributed by atoms with Crippen LogP contribution in [0.5, 0.6) is 17.2 Å². The largest absolute Gasteiger partial charge is 0.494 e. The summed E-state index contributed by atoms with van der Waals surface area (Å²) < 4.78 is 16.0. The molecule has 0 unspecified atom stereocenters. The van der Waals surface area contributed by atoms with E-state index in [1.807, 2.05) is 49.4 Å². The number of benzene rings is 2. The monoisotopic (exact) mass is 427 g/mol. The summed E-state index contributed by atoms with van der Waals surface area (Å²) in [7, 11) is 3.20. The molecule has 30 heavy (non-hydrogen) atoms. The van der Waals surface area contributed by atoms with Crippen LogP contribution in [0.4, 0.5) is 10.8 Å². The van der Waals surface area contributed by atoms with Gasteiger partial charge in [-0.2, -0.15) is 0 Å². The van der Waals surface area contributed by atoms with Gasteiger partial charge in [0.1, 0.15) is 11.4 Å². The molecule has 2 N–H and O–H groups in total. The number of methoxy groups -OCH3 is 2. The number of rotatable bonds is 10. The van der Waals surface area contributed by atoms with E-state index in [9.17, 15) is 4.79 Å². The Kier molecular flexibility index (Phi) is 7.51. The van der Waals surface area contributed by atoms with Gasteiger partial charge in [0, 0.05) is 17.6 Å². The van der Waals surface area contributed by atoms with Crippen molar-refractivity contribution in [1.82, 2.24) is 10.3 Å². The van der Waals surface area contributed by atoms with Crippen molar-refractivity contribution in [3.8, 4) is 17.2 Å². The van der Waals surface area contributed by atoms with Crippen LogP contribution >= 0.6 is 11.3 Å². The van der Waals surface area contributed by atoms with Crippen LogP contribution in [0.3, 0.4) is 0 Å². The van der Waals surface area contributed by atoms with Crippen LogP contribution in [-0.2, 0) is 6.42 Å². The number of carbonyl (C=O) groups excluding carboxylic acids is 1. The van der Waals surface area contributed by atoms with Gasteiger partial charge in [-0.15, -0.1) is 11.3 Å². The van der Waals surface area contributed by atoms with Crippen molar-refractivity contribution in [2.24, 2.45) is 0 Å². The van der Waals surface area contributed by atoms with Gasteiger partial charge in [-0.1, -0.05) is 6.07 Å². The van der Waals surface area contributed by atoms with Gasteiger partial charge in [-0.05, 0) is 55.3 Å². The number of aromatic nitrogens is 1. The van der Waals surface area contributed by atoms with Gasteiger partial charge in [0.25, 0.3) is 5.91 Å². The summed E-state index contributed by atoms with van der Waals surface area (Å²) >= 11 is 1.38. The molecule has 1 aromatic heterocycles. The molecule has 0 saturated heterocycles. The zero-order valence-corrected chi connectivity index (χ0v) is 18.0. The Morgan fingerprint density at radius 1 is 1.07 bits per heavy atom. The van der Waals surface area contributed by atoms with Crippen molar-refractivity contribution in [2.75, 3.05) is 32.7 Å². The zero-order chi connectivity index (χ0) is 21.3. The molecule has 0 saturated carbocycles. The minimum absolute atomic E-state index is 0.202. The zero-order valence-electron chi connectivity index (χ0n) is 17.2. The van der Waals surface area contributed by atoms with Gasteiger partial charge in [0.2, 0.25) is 0 Å². The van der Waals surface area contributed by atoms with Crippen LogP contribution in [0.1, 0.15) is 23.0 Å². The highest BCUT2D eigenvalue weighted by Crippen LogP contribution is 2.27. The lowest BCUT2D eigenvalue weighted by Crippen LogP contribution is -2.26. The van der Waals surface area contributed by atoms with E-state index in [0.717, 1.165) is 17.0 Å². The third kappa shape index (κ3) is 5.64. The van der Waals surface area contributed by atoms with Gasteiger partial charge in [-0.3, -0.25) is 4.79 Å². The van der Waals surface area contributed by atoms with Gasteiger partial charge in [-0.25, -0.2) is 4.98 Å². The fourth-order valence-electron chi connectivity index (χ4n) is 2.81. The number of ether oxygens (including phenoxy) is 3. The molecule has 158 valence electrons.